The molecule has 0 fully saturated rings. The highest BCUT2D eigenvalue weighted by molar-refractivity contribution is 6.93. The highest BCUT2D eigenvalue weighted by Gasteiger charge is 2.40. The summed E-state index contributed by atoms with van der Waals surface area (Å²) in [6, 6.07) is 16.9. The Morgan fingerprint density at radius 1 is 1.09 bits per heavy atom. The van der Waals surface area contributed by atoms with E-state index in [1.54, 1.807) is 6.07 Å². The molecule has 2 aromatic carbocycles. The van der Waals surface area contributed by atoms with E-state index in [9.17, 15) is 4.39 Å². The van der Waals surface area contributed by atoms with Gasteiger partial charge in [0.2, 0.25) is 0 Å². The van der Waals surface area contributed by atoms with Crippen LogP contribution in [0.1, 0.15) is 12.5 Å². The number of benzene rings is 2. The van der Waals surface area contributed by atoms with E-state index in [1.807, 2.05) is 18.2 Å². The maximum atomic E-state index is 13.3. The zero-order valence-electron chi connectivity index (χ0n) is 13.4. The van der Waals surface area contributed by atoms with Crippen molar-refractivity contribution in [3.05, 3.63) is 78.6 Å². The summed E-state index contributed by atoms with van der Waals surface area (Å²) in [6.45, 7) is 10.7. The number of halogens is 1. The van der Waals surface area contributed by atoms with E-state index in [0.717, 1.165) is 0 Å². The van der Waals surface area contributed by atoms with Gasteiger partial charge in [0.05, 0.1) is 0 Å². The standard InChI is InChI=1S/C20H21FSi/c1-5-20(2,15-14-17-10-9-11-18(21)16-17)22(3,4)19-12-7-6-8-13-19/h5-13,16H,1H2,2-4H3/t20-/m1/s1. The topological polar surface area (TPSA) is 0 Å². The van der Waals surface area contributed by atoms with Crippen LogP contribution in [0.2, 0.25) is 18.1 Å². The summed E-state index contributed by atoms with van der Waals surface area (Å²) in [5, 5.41) is 1.05. The molecule has 0 saturated carbocycles. The molecular weight excluding hydrogens is 287 g/mol. The van der Waals surface area contributed by atoms with Crippen LogP contribution in [-0.2, 0) is 0 Å². The van der Waals surface area contributed by atoms with Gasteiger partial charge in [-0.25, -0.2) is 4.39 Å². The predicted molar refractivity (Wildman–Crippen MR) is 95.4 cm³/mol. The fourth-order valence-corrected chi connectivity index (χ4v) is 4.90. The average molecular weight is 308 g/mol. The second kappa shape index (κ2) is 6.33. The van der Waals surface area contributed by atoms with E-state index in [1.165, 1.54) is 17.3 Å². The van der Waals surface area contributed by atoms with Crippen molar-refractivity contribution in [2.24, 2.45) is 0 Å². The maximum absolute atomic E-state index is 13.3. The van der Waals surface area contributed by atoms with Crippen molar-refractivity contribution >= 4 is 13.3 Å². The van der Waals surface area contributed by atoms with Gasteiger partial charge in [-0.2, -0.15) is 0 Å². The van der Waals surface area contributed by atoms with E-state index in [0.29, 0.717) is 5.56 Å². The van der Waals surface area contributed by atoms with Crippen LogP contribution < -0.4 is 5.19 Å². The molecule has 2 rings (SSSR count). The van der Waals surface area contributed by atoms with Crippen molar-refractivity contribution in [2.75, 3.05) is 0 Å². The molecule has 22 heavy (non-hydrogen) atoms. The number of rotatable bonds is 3. The van der Waals surface area contributed by atoms with Gasteiger partial charge in [-0.1, -0.05) is 72.6 Å². The van der Waals surface area contributed by atoms with Gasteiger partial charge >= 0.3 is 0 Å². The first-order valence-electron chi connectivity index (χ1n) is 7.37. The molecule has 0 heterocycles. The highest BCUT2D eigenvalue weighted by Crippen LogP contribution is 2.37. The average Bonchev–Trinajstić information content (AvgIpc) is 2.53. The minimum Gasteiger partial charge on any atom is -0.207 e. The second-order valence-electron chi connectivity index (χ2n) is 6.16. The normalized spacial score (nSPS) is 13.6. The summed E-state index contributed by atoms with van der Waals surface area (Å²) in [6.07, 6.45) is 1.94. The summed E-state index contributed by atoms with van der Waals surface area (Å²) in [5.41, 5.74) is 0.700. The molecule has 0 aliphatic heterocycles. The summed E-state index contributed by atoms with van der Waals surface area (Å²) < 4.78 is 13.3. The Balaban J connectivity index is 2.43. The Morgan fingerprint density at radius 2 is 1.77 bits per heavy atom. The number of hydrogen-bond acceptors (Lipinski definition) is 0. The zero-order valence-corrected chi connectivity index (χ0v) is 14.4. The van der Waals surface area contributed by atoms with Crippen molar-refractivity contribution in [3.63, 3.8) is 0 Å². The first kappa shape index (κ1) is 16.3. The molecule has 1 atom stereocenters. The van der Waals surface area contributed by atoms with Crippen LogP contribution in [0.25, 0.3) is 0 Å². The van der Waals surface area contributed by atoms with E-state index in [2.05, 4.69) is 62.7 Å². The Morgan fingerprint density at radius 3 is 2.36 bits per heavy atom. The van der Waals surface area contributed by atoms with Gasteiger partial charge in [-0.15, -0.1) is 6.58 Å². The summed E-state index contributed by atoms with van der Waals surface area (Å²) in [7, 11) is -1.89. The molecule has 0 saturated heterocycles. The summed E-state index contributed by atoms with van der Waals surface area (Å²) >= 11 is 0. The molecule has 0 aliphatic rings. The van der Waals surface area contributed by atoms with Gasteiger partial charge in [0.25, 0.3) is 0 Å². The Bertz CT molecular complexity index is 722. The van der Waals surface area contributed by atoms with Gasteiger partial charge in [0.1, 0.15) is 13.9 Å². The number of allylic oxidation sites excluding steroid dienone is 1. The van der Waals surface area contributed by atoms with Crippen LogP contribution in [0, 0.1) is 17.7 Å². The molecule has 0 bridgehead atoms. The van der Waals surface area contributed by atoms with E-state index < -0.39 is 8.07 Å². The lowest BCUT2D eigenvalue weighted by molar-refractivity contribution is 0.627. The largest absolute Gasteiger partial charge is 0.207 e. The SMILES string of the molecule is C=C[C@](C)(C#Cc1cccc(F)c1)[Si](C)(C)c1ccccc1. The third-order valence-electron chi connectivity index (χ3n) is 4.49. The minimum atomic E-state index is -1.89. The third-order valence-corrected chi connectivity index (χ3v) is 9.20. The molecule has 0 nitrogen and oxygen atoms in total. The second-order valence-corrected chi connectivity index (χ2v) is 11.0. The van der Waals surface area contributed by atoms with Gasteiger partial charge < -0.3 is 0 Å². The van der Waals surface area contributed by atoms with Crippen LogP contribution in [0.15, 0.2) is 67.3 Å². The fourth-order valence-electron chi connectivity index (χ4n) is 2.39. The molecule has 112 valence electrons. The summed E-state index contributed by atoms with van der Waals surface area (Å²) in [5.74, 6) is 6.22. The molecule has 0 unspecified atom stereocenters. The first-order valence-corrected chi connectivity index (χ1v) is 10.4. The van der Waals surface area contributed by atoms with Crippen LogP contribution in [0.5, 0.6) is 0 Å². The maximum Gasteiger partial charge on any atom is 0.124 e. The van der Waals surface area contributed by atoms with E-state index in [4.69, 9.17) is 0 Å². The lowest BCUT2D eigenvalue weighted by atomic mass is 10.1. The fraction of sp³-hybridized carbons (Fsp3) is 0.200. The van der Waals surface area contributed by atoms with Gasteiger partial charge in [-0.3, -0.25) is 0 Å². The zero-order chi connectivity index (χ0) is 16.2. The van der Waals surface area contributed by atoms with Crippen molar-refractivity contribution in [2.45, 2.75) is 25.1 Å². The third kappa shape index (κ3) is 3.21. The molecule has 2 aromatic rings. The van der Waals surface area contributed by atoms with Crippen LogP contribution in [-0.4, -0.2) is 8.07 Å². The minimum absolute atomic E-state index is 0.258. The molecule has 0 aromatic heterocycles. The van der Waals surface area contributed by atoms with Crippen LogP contribution in [0.4, 0.5) is 4.39 Å². The van der Waals surface area contributed by atoms with Crippen LogP contribution in [0.3, 0.4) is 0 Å². The van der Waals surface area contributed by atoms with Gasteiger partial charge in [0.15, 0.2) is 0 Å². The number of hydrogen-bond donors (Lipinski definition) is 0. The van der Waals surface area contributed by atoms with Gasteiger partial charge in [0, 0.05) is 10.6 Å². The Kier molecular flexibility index (Phi) is 4.68. The predicted octanol–water partition coefficient (Wildman–Crippen LogP) is 4.74. The van der Waals surface area contributed by atoms with Crippen LogP contribution >= 0.6 is 0 Å². The molecule has 0 N–H and O–H groups in total. The van der Waals surface area contributed by atoms with Crippen molar-refractivity contribution in [3.8, 4) is 11.8 Å². The lowest BCUT2D eigenvalue weighted by Crippen LogP contribution is -2.50. The molecule has 0 radical (unpaired) electrons. The summed E-state index contributed by atoms with van der Waals surface area (Å²) in [4.78, 5) is 0. The monoisotopic (exact) mass is 308 g/mol. The van der Waals surface area contributed by atoms with E-state index in [-0.39, 0.29) is 10.9 Å². The lowest BCUT2D eigenvalue weighted by Gasteiger charge is -2.37. The first-order chi connectivity index (χ1) is 10.4. The quantitative estimate of drug-likeness (QED) is 0.436. The molecule has 0 spiro atoms. The van der Waals surface area contributed by atoms with E-state index >= 15 is 0 Å². The molecular formula is C20H21FSi. The molecule has 0 amide bonds. The van der Waals surface area contributed by atoms with Gasteiger partial charge in [-0.05, 0) is 25.1 Å². The highest BCUT2D eigenvalue weighted by atomic mass is 28.3. The molecule has 2 heteroatoms. The van der Waals surface area contributed by atoms with Crippen molar-refractivity contribution < 1.29 is 4.39 Å². The molecule has 0 aliphatic carbocycles. The van der Waals surface area contributed by atoms with Crippen molar-refractivity contribution in [1.82, 2.24) is 0 Å². The van der Waals surface area contributed by atoms with Crippen molar-refractivity contribution in [1.29, 1.82) is 0 Å². The Hall–Kier alpha value is -2.11. The Labute approximate surface area is 133 Å². The smallest absolute Gasteiger partial charge is 0.124 e.